The van der Waals surface area contributed by atoms with Gasteiger partial charge in [0.1, 0.15) is 5.69 Å². The number of amides is 1. The second-order valence-corrected chi connectivity index (χ2v) is 4.64. The van der Waals surface area contributed by atoms with Gasteiger partial charge in [0.15, 0.2) is 0 Å². The molecular formula is C15H17N3O3. The molecule has 110 valence electrons. The van der Waals surface area contributed by atoms with E-state index in [1.54, 1.807) is 17.8 Å². The van der Waals surface area contributed by atoms with Crippen LogP contribution in [0.1, 0.15) is 23.8 Å². The summed E-state index contributed by atoms with van der Waals surface area (Å²) in [6.45, 7) is 1.88. The third-order valence-corrected chi connectivity index (χ3v) is 3.26. The Morgan fingerprint density at radius 2 is 2.05 bits per heavy atom. The molecule has 6 heteroatoms. The number of aliphatic carboxylic acids is 1. The number of nitrogens with one attached hydrogen (secondary N) is 1. The number of rotatable bonds is 6. The number of para-hydroxylation sites is 1. The first-order chi connectivity index (χ1) is 10.1. The highest BCUT2D eigenvalue weighted by atomic mass is 16.4. The Kier molecular flexibility index (Phi) is 4.71. The van der Waals surface area contributed by atoms with Crippen molar-refractivity contribution in [2.75, 3.05) is 6.54 Å². The van der Waals surface area contributed by atoms with E-state index < -0.39 is 11.9 Å². The van der Waals surface area contributed by atoms with Gasteiger partial charge in [0.25, 0.3) is 5.91 Å². The lowest BCUT2D eigenvalue weighted by atomic mass is 10.1. The largest absolute Gasteiger partial charge is 0.481 e. The maximum Gasteiger partial charge on any atom is 0.308 e. The van der Waals surface area contributed by atoms with E-state index in [-0.39, 0.29) is 12.5 Å². The molecule has 1 atom stereocenters. The van der Waals surface area contributed by atoms with E-state index in [0.717, 1.165) is 5.69 Å². The number of benzene rings is 1. The normalized spacial score (nSPS) is 11.9. The van der Waals surface area contributed by atoms with Crippen LogP contribution in [0.2, 0.25) is 0 Å². The summed E-state index contributed by atoms with van der Waals surface area (Å²) >= 11 is 0. The molecule has 0 spiro atoms. The highest BCUT2D eigenvalue weighted by Crippen LogP contribution is 2.11. The van der Waals surface area contributed by atoms with E-state index >= 15 is 0 Å². The van der Waals surface area contributed by atoms with E-state index in [1.165, 1.54) is 6.20 Å². The van der Waals surface area contributed by atoms with Crippen molar-refractivity contribution in [1.29, 1.82) is 0 Å². The smallest absolute Gasteiger partial charge is 0.308 e. The van der Waals surface area contributed by atoms with Gasteiger partial charge < -0.3 is 10.4 Å². The number of aromatic nitrogens is 2. The van der Waals surface area contributed by atoms with Crippen LogP contribution in [0.15, 0.2) is 42.9 Å². The van der Waals surface area contributed by atoms with Crippen molar-refractivity contribution in [2.45, 2.75) is 13.3 Å². The maximum atomic E-state index is 12.2. The summed E-state index contributed by atoms with van der Waals surface area (Å²) in [4.78, 5) is 27.1. The SMILES string of the molecule is CCC(CNC(=O)c1cncn1-c1ccccc1)C(=O)O. The van der Waals surface area contributed by atoms with E-state index in [1.807, 2.05) is 30.3 Å². The van der Waals surface area contributed by atoms with E-state index in [9.17, 15) is 9.59 Å². The number of carboxylic acid groups (broad SMARTS) is 1. The van der Waals surface area contributed by atoms with Crippen LogP contribution in [0.3, 0.4) is 0 Å². The van der Waals surface area contributed by atoms with Crippen molar-refractivity contribution < 1.29 is 14.7 Å². The first-order valence-corrected chi connectivity index (χ1v) is 6.72. The average Bonchev–Trinajstić information content (AvgIpc) is 2.97. The fourth-order valence-corrected chi connectivity index (χ4v) is 1.97. The lowest BCUT2D eigenvalue weighted by molar-refractivity contribution is -0.141. The number of carboxylic acids is 1. The minimum Gasteiger partial charge on any atom is -0.481 e. The Morgan fingerprint density at radius 1 is 1.33 bits per heavy atom. The molecule has 0 aliphatic carbocycles. The molecule has 2 aromatic rings. The molecular weight excluding hydrogens is 270 g/mol. The van der Waals surface area contributed by atoms with Crippen molar-refractivity contribution in [3.63, 3.8) is 0 Å². The lowest BCUT2D eigenvalue weighted by Crippen LogP contribution is -2.33. The van der Waals surface area contributed by atoms with Gasteiger partial charge in [-0.1, -0.05) is 25.1 Å². The van der Waals surface area contributed by atoms with Crippen molar-refractivity contribution in [3.8, 4) is 5.69 Å². The molecule has 2 rings (SSSR count). The zero-order valence-corrected chi connectivity index (χ0v) is 11.7. The van der Waals surface area contributed by atoms with E-state index in [0.29, 0.717) is 12.1 Å². The molecule has 1 heterocycles. The van der Waals surface area contributed by atoms with Gasteiger partial charge >= 0.3 is 5.97 Å². The Morgan fingerprint density at radius 3 is 2.67 bits per heavy atom. The van der Waals surface area contributed by atoms with E-state index in [2.05, 4.69) is 10.3 Å². The molecule has 1 unspecified atom stereocenters. The molecule has 6 nitrogen and oxygen atoms in total. The summed E-state index contributed by atoms with van der Waals surface area (Å²) in [5.41, 5.74) is 1.20. The molecule has 0 saturated carbocycles. The van der Waals surface area contributed by atoms with E-state index in [4.69, 9.17) is 5.11 Å². The lowest BCUT2D eigenvalue weighted by Gasteiger charge is -2.12. The standard InChI is InChI=1S/C15H17N3O3/c1-2-11(15(20)21)8-17-14(19)13-9-16-10-18(13)12-6-4-3-5-7-12/h3-7,9-11H,2,8H2,1H3,(H,17,19)(H,20,21). The van der Waals surface area contributed by atoms with Gasteiger partial charge in [-0.3, -0.25) is 14.2 Å². The number of hydrogen-bond donors (Lipinski definition) is 2. The Balaban J connectivity index is 2.11. The Bertz CT molecular complexity index is 622. The van der Waals surface area contributed by atoms with Crippen LogP contribution in [0, 0.1) is 5.92 Å². The molecule has 0 radical (unpaired) electrons. The highest BCUT2D eigenvalue weighted by Gasteiger charge is 2.18. The van der Waals surface area contributed by atoms with Crippen molar-refractivity contribution in [2.24, 2.45) is 5.92 Å². The monoisotopic (exact) mass is 287 g/mol. The predicted molar refractivity (Wildman–Crippen MR) is 77.3 cm³/mol. The minimum absolute atomic E-state index is 0.102. The van der Waals surface area contributed by atoms with Crippen molar-refractivity contribution in [1.82, 2.24) is 14.9 Å². The van der Waals surface area contributed by atoms with Gasteiger partial charge in [-0.2, -0.15) is 0 Å². The van der Waals surface area contributed by atoms with Gasteiger partial charge in [-0.05, 0) is 18.6 Å². The van der Waals surface area contributed by atoms with Crippen LogP contribution in [-0.4, -0.2) is 33.1 Å². The van der Waals surface area contributed by atoms with Crippen molar-refractivity contribution in [3.05, 3.63) is 48.5 Å². The van der Waals surface area contributed by atoms with Gasteiger partial charge in [-0.25, -0.2) is 4.98 Å². The summed E-state index contributed by atoms with van der Waals surface area (Å²) in [5, 5.41) is 11.6. The predicted octanol–water partition coefficient (Wildman–Crippen LogP) is 1.71. The van der Waals surface area contributed by atoms with Gasteiger partial charge in [0, 0.05) is 12.2 Å². The third kappa shape index (κ3) is 3.47. The quantitative estimate of drug-likeness (QED) is 0.847. The molecule has 1 amide bonds. The van der Waals surface area contributed by atoms with Crippen LogP contribution >= 0.6 is 0 Å². The molecule has 1 aromatic carbocycles. The van der Waals surface area contributed by atoms with Crippen LogP contribution in [0.25, 0.3) is 5.69 Å². The van der Waals surface area contributed by atoms with Crippen LogP contribution in [-0.2, 0) is 4.79 Å². The fourth-order valence-electron chi connectivity index (χ4n) is 1.97. The first kappa shape index (κ1) is 14.8. The maximum absolute atomic E-state index is 12.2. The van der Waals surface area contributed by atoms with Gasteiger partial charge in [-0.15, -0.1) is 0 Å². The summed E-state index contributed by atoms with van der Waals surface area (Å²) < 4.78 is 1.66. The number of carbonyl (C=O) groups is 2. The van der Waals surface area contributed by atoms with Gasteiger partial charge in [0.2, 0.25) is 0 Å². The molecule has 1 aromatic heterocycles. The number of nitrogens with zero attached hydrogens (tertiary/aromatic N) is 2. The molecule has 0 bridgehead atoms. The Hall–Kier alpha value is -2.63. The second-order valence-electron chi connectivity index (χ2n) is 4.64. The summed E-state index contributed by atoms with van der Waals surface area (Å²) in [6.07, 6.45) is 3.48. The summed E-state index contributed by atoms with van der Waals surface area (Å²) in [7, 11) is 0. The van der Waals surface area contributed by atoms with Crippen molar-refractivity contribution >= 4 is 11.9 Å². The summed E-state index contributed by atoms with van der Waals surface area (Å²) in [6, 6.07) is 9.36. The topological polar surface area (TPSA) is 84.2 Å². The number of hydrogen-bond acceptors (Lipinski definition) is 3. The van der Waals surface area contributed by atoms with Gasteiger partial charge in [0.05, 0.1) is 18.4 Å². The fraction of sp³-hybridized carbons (Fsp3) is 0.267. The zero-order chi connectivity index (χ0) is 15.2. The van der Waals surface area contributed by atoms with Crippen LogP contribution in [0.5, 0.6) is 0 Å². The number of imidazole rings is 1. The molecule has 0 aliphatic heterocycles. The third-order valence-electron chi connectivity index (χ3n) is 3.26. The Labute approximate surface area is 122 Å². The molecule has 0 aliphatic rings. The minimum atomic E-state index is -0.908. The summed E-state index contributed by atoms with van der Waals surface area (Å²) in [5.74, 6) is -1.83. The van der Waals surface area contributed by atoms with Crippen LogP contribution in [0.4, 0.5) is 0 Å². The average molecular weight is 287 g/mol. The van der Waals surface area contributed by atoms with Crippen LogP contribution < -0.4 is 5.32 Å². The molecule has 0 fully saturated rings. The zero-order valence-electron chi connectivity index (χ0n) is 11.7. The first-order valence-electron chi connectivity index (χ1n) is 6.72. The molecule has 21 heavy (non-hydrogen) atoms. The second kappa shape index (κ2) is 6.69. The highest BCUT2D eigenvalue weighted by molar-refractivity contribution is 5.93. The molecule has 2 N–H and O–H groups in total. The molecule has 0 saturated heterocycles. The number of carbonyl (C=O) groups excluding carboxylic acids is 1.